The van der Waals surface area contributed by atoms with Gasteiger partial charge in [0.25, 0.3) is 5.91 Å². The highest BCUT2D eigenvalue weighted by molar-refractivity contribution is 5.95. The summed E-state index contributed by atoms with van der Waals surface area (Å²) in [7, 11) is 0. The molecule has 1 aromatic rings. The number of aliphatic hydroxyl groups excluding tert-OH is 1. The average Bonchev–Trinajstić information content (AvgIpc) is 3.19. The van der Waals surface area contributed by atoms with E-state index in [4.69, 9.17) is 9.15 Å². The van der Waals surface area contributed by atoms with Crippen molar-refractivity contribution in [3.8, 4) is 0 Å². The highest BCUT2D eigenvalue weighted by Gasteiger charge is 2.37. The first-order chi connectivity index (χ1) is 12.0. The summed E-state index contributed by atoms with van der Waals surface area (Å²) in [6.07, 6.45) is 0. The minimum atomic E-state index is 0.0241. The molecule has 2 atom stereocenters. The zero-order chi connectivity index (χ0) is 18.0. The molecule has 0 bridgehead atoms. The first-order valence-corrected chi connectivity index (χ1v) is 9.30. The molecule has 0 saturated carbocycles. The van der Waals surface area contributed by atoms with Crippen LogP contribution in [0.4, 0.5) is 0 Å². The van der Waals surface area contributed by atoms with E-state index in [1.54, 1.807) is 0 Å². The van der Waals surface area contributed by atoms with E-state index in [1.807, 2.05) is 17.9 Å². The lowest BCUT2D eigenvalue weighted by Crippen LogP contribution is -2.41. The third kappa shape index (κ3) is 4.07. The van der Waals surface area contributed by atoms with E-state index in [9.17, 15) is 9.90 Å². The van der Waals surface area contributed by atoms with E-state index >= 15 is 0 Å². The largest absolute Gasteiger partial charge is 0.465 e. The Morgan fingerprint density at radius 2 is 1.96 bits per heavy atom. The van der Waals surface area contributed by atoms with Gasteiger partial charge in [-0.05, 0) is 18.9 Å². The van der Waals surface area contributed by atoms with Gasteiger partial charge >= 0.3 is 0 Å². The van der Waals surface area contributed by atoms with Gasteiger partial charge in [0.15, 0.2) is 0 Å². The Morgan fingerprint density at radius 3 is 2.56 bits per heavy atom. The fourth-order valence-electron chi connectivity index (χ4n) is 3.81. The summed E-state index contributed by atoms with van der Waals surface area (Å²) < 4.78 is 11.1. The van der Waals surface area contributed by atoms with Crippen molar-refractivity contribution in [3.05, 3.63) is 23.2 Å². The van der Waals surface area contributed by atoms with Crippen LogP contribution in [0.5, 0.6) is 0 Å². The summed E-state index contributed by atoms with van der Waals surface area (Å²) in [5.41, 5.74) is 0.660. The van der Waals surface area contributed by atoms with Crippen molar-refractivity contribution < 1.29 is 19.1 Å². The van der Waals surface area contributed by atoms with Crippen molar-refractivity contribution in [3.63, 3.8) is 0 Å². The molecule has 2 fully saturated rings. The van der Waals surface area contributed by atoms with Gasteiger partial charge in [0.2, 0.25) is 0 Å². The van der Waals surface area contributed by atoms with E-state index in [2.05, 4.69) is 18.7 Å². The molecule has 1 N–H and O–H groups in total. The highest BCUT2D eigenvalue weighted by Crippen LogP contribution is 2.28. The van der Waals surface area contributed by atoms with Crippen LogP contribution in [0.25, 0.3) is 0 Å². The molecule has 6 nitrogen and oxygen atoms in total. The zero-order valence-electron chi connectivity index (χ0n) is 15.5. The predicted molar refractivity (Wildman–Crippen MR) is 94.8 cm³/mol. The second-order valence-electron chi connectivity index (χ2n) is 7.60. The Bertz CT molecular complexity index is 592. The Kier molecular flexibility index (Phi) is 5.81. The monoisotopic (exact) mass is 350 g/mol. The molecule has 3 rings (SSSR count). The van der Waals surface area contributed by atoms with Crippen LogP contribution in [0.3, 0.4) is 0 Å². The quantitative estimate of drug-likeness (QED) is 0.876. The number of furan rings is 1. The summed E-state index contributed by atoms with van der Waals surface area (Å²) in [6, 6.07) is 1.88. The number of carbonyl (C=O) groups excluding carboxylic acids is 1. The lowest BCUT2D eigenvalue weighted by atomic mass is 9.96. The molecule has 25 heavy (non-hydrogen) atoms. The molecule has 3 heterocycles. The number of aryl methyl sites for hydroxylation is 1. The Hall–Kier alpha value is -1.37. The molecule has 0 aromatic carbocycles. The van der Waals surface area contributed by atoms with Crippen molar-refractivity contribution in [2.24, 2.45) is 11.8 Å². The molecule has 2 saturated heterocycles. The number of ether oxygens (including phenoxy) is 1. The maximum Gasteiger partial charge on any atom is 0.257 e. The summed E-state index contributed by atoms with van der Waals surface area (Å²) in [6.45, 7) is 11.7. The molecule has 1 amide bonds. The van der Waals surface area contributed by atoms with Crippen molar-refractivity contribution in [1.29, 1.82) is 0 Å². The lowest BCUT2D eigenvalue weighted by Gasteiger charge is -2.30. The van der Waals surface area contributed by atoms with Crippen LogP contribution in [0.15, 0.2) is 10.5 Å². The Morgan fingerprint density at radius 1 is 1.28 bits per heavy atom. The fourth-order valence-corrected chi connectivity index (χ4v) is 3.81. The SMILES string of the molecule is Cc1oc(C(C)C)cc1C(=O)N1C[C@@H](CO)[C@@H](CN2CCOCC2)C1. The predicted octanol–water partition coefficient (Wildman–Crippen LogP) is 1.72. The number of amides is 1. The van der Waals surface area contributed by atoms with Gasteiger partial charge in [0, 0.05) is 51.2 Å². The molecule has 0 unspecified atom stereocenters. The minimum Gasteiger partial charge on any atom is -0.465 e. The maximum absolute atomic E-state index is 13.0. The molecule has 2 aliphatic heterocycles. The second-order valence-corrected chi connectivity index (χ2v) is 7.60. The standard InChI is InChI=1S/C19H30N2O4/c1-13(2)18-8-17(14(3)25-18)19(23)21-10-15(16(11-21)12-22)9-20-4-6-24-7-5-20/h8,13,15-16,22H,4-7,9-12H2,1-3H3/t15-,16-/m0/s1. The third-order valence-corrected chi connectivity index (χ3v) is 5.43. The van der Waals surface area contributed by atoms with Crippen molar-refractivity contribution in [2.45, 2.75) is 26.7 Å². The van der Waals surface area contributed by atoms with Crippen LogP contribution in [-0.4, -0.2) is 73.4 Å². The van der Waals surface area contributed by atoms with Crippen LogP contribution in [0, 0.1) is 18.8 Å². The number of carbonyl (C=O) groups is 1. The number of aliphatic hydroxyl groups is 1. The van der Waals surface area contributed by atoms with Crippen molar-refractivity contribution in [1.82, 2.24) is 9.80 Å². The van der Waals surface area contributed by atoms with Crippen LogP contribution < -0.4 is 0 Å². The van der Waals surface area contributed by atoms with Gasteiger partial charge in [0.1, 0.15) is 11.5 Å². The topological polar surface area (TPSA) is 66.2 Å². The van der Waals surface area contributed by atoms with Crippen LogP contribution >= 0.6 is 0 Å². The summed E-state index contributed by atoms with van der Waals surface area (Å²) in [4.78, 5) is 17.2. The van der Waals surface area contributed by atoms with Gasteiger partial charge in [-0.3, -0.25) is 9.69 Å². The van der Waals surface area contributed by atoms with Crippen LogP contribution in [0.2, 0.25) is 0 Å². The zero-order valence-corrected chi connectivity index (χ0v) is 15.5. The Balaban J connectivity index is 1.67. The van der Waals surface area contributed by atoms with Crippen molar-refractivity contribution >= 4 is 5.91 Å². The average molecular weight is 350 g/mol. The molecule has 0 aliphatic carbocycles. The second kappa shape index (κ2) is 7.89. The van der Waals surface area contributed by atoms with Gasteiger partial charge in [-0.15, -0.1) is 0 Å². The number of nitrogens with zero attached hydrogens (tertiary/aromatic N) is 2. The number of rotatable bonds is 5. The summed E-state index contributed by atoms with van der Waals surface area (Å²) in [5, 5.41) is 9.77. The van der Waals surface area contributed by atoms with E-state index in [1.165, 1.54) is 0 Å². The Labute approximate surface area is 149 Å². The van der Waals surface area contributed by atoms with E-state index in [-0.39, 0.29) is 24.3 Å². The summed E-state index contributed by atoms with van der Waals surface area (Å²) >= 11 is 0. The molecular weight excluding hydrogens is 320 g/mol. The van der Waals surface area contributed by atoms with Gasteiger partial charge in [-0.1, -0.05) is 13.8 Å². The highest BCUT2D eigenvalue weighted by atomic mass is 16.5. The number of likely N-dealkylation sites (tertiary alicyclic amines) is 1. The van der Waals surface area contributed by atoms with E-state index in [0.717, 1.165) is 38.6 Å². The van der Waals surface area contributed by atoms with Gasteiger partial charge in [0.05, 0.1) is 18.8 Å². The molecule has 140 valence electrons. The molecule has 0 radical (unpaired) electrons. The van der Waals surface area contributed by atoms with E-state index < -0.39 is 0 Å². The molecule has 2 aliphatic rings. The van der Waals surface area contributed by atoms with Gasteiger partial charge in [-0.2, -0.15) is 0 Å². The first-order valence-electron chi connectivity index (χ1n) is 9.30. The number of hydrogen-bond acceptors (Lipinski definition) is 5. The minimum absolute atomic E-state index is 0.0241. The smallest absolute Gasteiger partial charge is 0.257 e. The molecule has 6 heteroatoms. The maximum atomic E-state index is 13.0. The summed E-state index contributed by atoms with van der Waals surface area (Å²) in [5.74, 6) is 2.27. The normalized spacial score (nSPS) is 25.1. The third-order valence-electron chi connectivity index (χ3n) is 5.43. The fraction of sp³-hybridized carbons (Fsp3) is 0.737. The molecule has 0 spiro atoms. The van der Waals surface area contributed by atoms with Crippen molar-refractivity contribution in [2.75, 3.05) is 52.5 Å². The van der Waals surface area contributed by atoms with Gasteiger partial charge < -0.3 is 19.2 Å². The molecular formula is C19H30N2O4. The number of hydrogen-bond donors (Lipinski definition) is 1. The van der Waals surface area contributed by atoms with Crippen LogP contribution in [-0.2, 0) is 4.74 Å². The lowest BCUT2D eigenvalue weighted by molar-refractivity contribution is 0.0264. The first kappa shape index (κ1) is 18.4. The van der Waals surface area contributed by atoms with E-state index in [0.29, 0.717) is 30.3 Å². The van der Waals surface area contributed by atoms with Gasteiger partial charge in [-0.25, -0.2) is 0 Å². The number of morpholine rings is 1. The molecule has 1 aromatic heterocycles. The van der Waals surface area contributed by atoms with Crippen LogP contribution in [0.1, 0.15) is 41.6 Å².